The average molecular weight is 347 g/mol. The fourth-order valence-electron chi connectivity index (χ4n) is 2.89. The third kappa shape index (κ3) is 4.15. The zero-order chi connectivity index (χ0) is 17.6. The van der Waals surface area contributed by atoms with E-state index in [0.717, 1.165) is 37.3 Å². The van der Waals surface area contributed by atoms with E-state index in [9.17, 15) is 0 Å². The molecule has 1 aromatic heterocycles. The van der Waals surface area contributed by atoms with Crippen molar-refractivity contribution in [2.24, 2.45) is 0 Å². The third-order valence-electron chi connectivity index (χ3n) is 4.25. The summed E-state index contributed by atoms with van der Waals surface area (Å²) in [5.74, 6) is 1.76. The summed E-state index contributed by atoms with van der Waals surface area (Å²) < 4.78 is 5.43. The molecule has 132 valence electrons. The lowest BCUT2D eigenvalue weighted by molar-refractivity contribution is 0.0903. The summed E-state index contributed by atoms with van der Waals surface area (Å²) in [6, 6.07) is 20.2. The Hall–Kier alpha value is -2.99. The van der Waals surface area contributed by atoms with Gasteiger partial charge in [0.2, 0.25) is 11.9 Å². The number of ether oxygens (including phenoxy) is 1. The molecule has 26 heavy (non-hydrogen) atoms. The van der Waals surface area contributed by atoms with E-state index in [1.165, 1.54) is 0 Å². The predicted molar refractivity (Wildman–Crippen MR) is 102 cm³/mol. The molecule has 1 saturated heterocycles. The normalized spacial score (nSPS) is 14.8. The van der Waals surface area contributed by atoms with Gasteiger partial charge in [-0.15, -0.1) is 0 Å². The molecular formula is C20H21N5O. The molecule has 4 rings (SSSR count). The number of benzene rings is 2. The molecular weight excluding hydrogens is 326 g/mol. The van der Waals surface area contributed by atoms with Gasteiger partial charge in [-0.3, -0.25) is 0 Å². The Morgan fingerprint density at radius 1 is 0.769 bits per heavy atom. The Kier molecular flexibility index (Phi) is 5.02. The van der Waals surface area contributed by atoms with Crippen LogP contribution < -0.4 is 10.6 Å². The van der Waals surface area contributed by atoms with Crippen LogP contribution in [0, 0.1) is 0 Å². The highest BCUT2D eigenvalue weighted by molar-refractivity contribution is 5.60. The number of hydrogen-bond acceptors (Lipinski definition) is 6. The number of nitrogens with one attached hydrogen (secondary N) is 2. The van der Waals surface area contributed by atoms with Crippen LogP contribution in [-0.4, -0.2) is 34.2 Å². The second kappa shape index (κ2) is 7.93. The minimum atomic E-state index is 0.319. The first-order valence-electron chi connectivity index (χ1n) is 8.85. The Bertz CT molecular complexity index is 835. The van der Waals surface area contributed by atoms with Crippen molar-refractivity contribution in [3.63, 3.8) is 0 Å². The van der Waals surface area contributed by atoms with Crippen LogP contribution in [0.3, 0.4) is 0 Å². The summed E-state index contributed by atoms with van der Waals surface area (Å²) in [6.45, 7) is 1.53. The van der Waals surface area contributed by atoms with Crippen molar-refractivity contribution < 1.29 is 4.74 Å². The predicted octanol–water partition coefficient (Wildman–Crippen LogP) is 3.87. The molecule has 0 bridgehead atoms. The van der Waals surface area contributed by atoms with Crippen molar-refractivity contribution in [1.82, 2.24) is 15.0 Å². The monoisotopic (exact) mass is 347 g/mol. The minimum Gasteiger partial charge on any atom is -0.381 e. The molecule has 1 aliphatic rings. The molecule has 0 amide bonds. The lowest BCUT2D eigenvalue weighted by atomic mass is 10.1. The van der Waals surface area contributed by atoms with Gasteiger partial charge in [0.25, 0.3) is 0 Å². The number of anilines is 3. The topological polar surface area (TPSA) is 72.0 Å². The number of para-hydroxylation sites is 1. The standard InChI is InChI=1S/C20H21N5O/c1-3-7-15(8-4-1)18-23-19(21-16-9-5-2-6-10-16)25-20(24-18)22-17-11-13-26-14-12-17/h1-10,17H,11-14H2,(H2,21,22,23,24,25). The number of aromatic nitrogens is 3. The summed E-state index contributed by atoms with van der Waals surface area (Å²) >= 11 is 0. The fraction of sp³-hybridized carbons (Fsp3) is 0.250. The van der Waals surface area contributed by atoms with Crippen LogP contribution in [0.4, 0.5) is 17.6 Å². The van der Waals surface area contributed by atoms with Crippen LogP contribution in [0.1, 0.15) is 12.8 Å². The number of rotatable bonds is 5. The highest BCUT2D eigenvalue weighted by Gasteiger charge is 2.16. The summed E-state index contributed by atoms with van der Waals surface area (Å²) in [4.78, 5) is 13.8. The highest BCUT2D eigenvalue weighted by Crippen LogP contribution is 2.21. The second-order valence-corrected chi connectivity index (χ2v) is 6.19. The third-order valence-corrected chi connectivity index (χ3v) is 4.25. The van der Waals surface area contributed by atoms with Crippen LogP contribution in [0.25, 0.3) is 11.4 Å². The summed E-state index contributed by atoms with van der Waals surface area (Å²) in [5, 5.41) is 6.70. The van der Waals surface area contributed by atoms with E-state index in [1.54, 1.807) is 0 Å². The van der Waals surface area contributed by atoms with E-state index in [1.807, 2.05) is 60.7 Å². The first kappa shape index (κ1) is 16.5. The molecule has 0 atom stereocenters. The molecule has 1 aliphatic heterocycles. The molecule has 6 nitrogen and oxygen atoms in total. The van der Waals surface area contributed by atoms with Crippen molar-refractivity contribution in [2.75, 3.05) is 23.8 Å². The summed E-state index contributed by atoms with van der Waals surface area (Å²) in [5.41, 5.74) is 1.90. The molecule has 1 fully saturated rings. The van der Waals surface area contributed by atoms with E-state index in [2.05, 4.69) is 25.6 Å². The summed E-state index contributed by atoms with van der Waals surface area (Å²) in [6.07, 6.45) is 1.90. The molecule has 0 radical (unpaired) electrons. The molecule has 3 aromatic rings. The van der Waals surface area contributed by atoms with Gasteiger partial charge in [0.05, 0.1) is 0 Å². The molecule has 0 unspecified atom stereocenters. The van der Waals surface area contributed by atoms with Crippen molar-refractivity contribution in [3.05, 3.63) is 60.7 Å². The van der Waals surface area contributed by atoms with Crippen molar-refractivity contribution in [1.29, 1.82) is 0 Å². The Balaban J connectivity index is 1.64. The number of hydrogen-bond donors (Lipinski definition) is 2. The van der Waals surface area contributed by atoms with Gasteiger partial charge in [-0.1, -0.05) is 48.5 Å². The van der Waals surface area contributed by atoms with Gasteiger partial charge < -0.3 is 15.4 Å². The van der Waals surface area contributed by atoms with Gasteiger partial charge in [0.1, 0.15) is 0 Å². The fourth-order valence-corrected chi connectivity index (χ4v) is 2.89. The molecule has 2 aromatic carbocycles. The Labute approximate surface area is 152 Å². The maximum Gasteiger partial charge on any atom is 0.232 e. The van der Waals surface area contributed by atoms with Gasteiger partial charge in [0.15, 0.2) is 5.82 Å². The maximum absolute atomic E-state index is 5.43. The van der Waals surface area contributed by atoms with Crippen LogP contribution in [0.2, 0.25) is 0 Å². The van der Waals surface area contributed by atoms with Gasteiger partial charge in [-0.05, 0) is 25.0 Å². The maximum atomic E-state index is 5.43. The largest absolute Gasteiger partial charge is 0.381 e. The van der Waals surface area contributed by atoms with E-state index >= 15 is 0 Å². The number of nitrogens with zero attached hydrogens (tertiary/aromatic N) is 3. The van der Waals surface area contributed by atoms with E-state index in [-0.39, 0.29) is 0 Å². The molecule has 0 aliphatic carbocycles. The first-order valence-corrected chi connectivity index (χ1v) is 8.85. The van der Waals surface area contributed by atoms with Crippen molar-refractivity contribution in [3.8, 4) is 11.4 Å². The molecule has 0 spiro atoms. The van der Waals surface area contributed by atoms with Crippen molar-refractivity contribution >= 4 is 17.6 Å². The Morgan fingerprint density at radius 3 is 2.15 bits per heavy atom. The SMILES string of the molecule is c1ccc(Nc2nc(NC3CCOCC3)nc(-c3ccccc3)n2)cc1. The zero-order valence-corrected chi connectivity index (χ0v) is 14.4. The van der Waals surface area contributed by atoms with Gasteiger partial charge in [0, 0.05) is 30.5 Å². The van der Waals surface area contributed by atoms with Crippen LogP contribution in [-0.2, 0) is 4.74 Å². The average Bonchev–Trinajstić information content (AvgIpc) is 2.70. The summed E-state index contributed by atoms with van der Waals surface area (Å²) in [7, 11) is 0. The lowest BCUT2D eigenvalue weighted by Gasteiger charge is -2.23. The second-order valence-electron chi connectivity index (χ2n) is 6.19. The van der Waals surface area contributed by atoms with Gasteiger partial charge in [-0.2, -0.15) is 15.0 Å². The van der Waals surface area contributed by atoms with E-state index < -0.39 is 0 Å². The van der Waals surface area contributed by atoms with E-state index in [4.69, 9.17) is 4.74 Å². The molecule has 6 heteroatoms. The van der Waals surface area contributed by atoms with Gasteiger partial charge >= 0.3 is 0 Å². The minimum absolute atomic E-state index is 0.319. The quantitative estimate of drug-likeness (QED) is 0.730. The first-order chi connectivity index (χ1) is 12.9. The molecule has 2 heterocycles. The molecule has 0 saturated carbocycles. The zero-order valence-electron chi connectivity index (χ0n) is 14.4. The smallest absolute Gasteiger partial charge is 0.232 e. The lowest BCUT2D eigenvalue weighted by Crippen LogP contribution is -2.28. The molecule has 2 N–H and O–H groups in total. The van der Waals surface area contributed by atoms with Crippen LogP contribution in [0.15, 0.2) is 60.7 Å². The van der Waals surface area contributed by atoms with Crippen molar-refractivity contribution in [2.45, 2.75) is 18.9 Å². The van der Waals surface area contributed by atoms with Crippen LogP contribution >= 0.6 is 0 Å². The van der Waals surface area contributed by atoms with Gasteiger partial charge in [-0.25, -0.2) is 0 Å². The van der Waals surface area contributed by atoms with Crippen LogP contribution in [0.5, 0.6) is 0 Å². The van der Waals surface area contributed by atoms with E-state index in [0.29, 0.717) is 23.8 Å². The Morgan fingerprint density at radius 2 is 1.42 bits per heavy atom. The highest BCUT2D eigenvalue weighted by atomic mass is 16.5.